The quantitative estimate of drug-likeness (QED) is 0.494. The van der Waals surface area contributed by atoms with Gasteiger partial charge in [-0.3, -0.25) is 4.79 Å². The molecule has 4 heteroatoms. The van der Waals surface area contributed by atoms with E-state index in [1.165, 1.54) is 11.1 Å². The zero-order chi connectivity index (χ0) is 20.7. The maximum atomic E-state index is 13.5. The van der Waals surface area contributed by atoms with E-state index in [0.29, 0.717) is 11.4 Å². The first kappa shape index (κ1) is 19.0. The Hall–Kier alpha value is -3.04. The highest BCUT2D eigenvalue weighted by Gasteiger charge is 2.36. The number of anilines is 2. The van der Waals surface area contributed by atoms with Crippen molar-refractivity contribution in [3.05, 3.63) is 106 Å². The SMILES string of the molecule is Cc1ccc([C@@H]2CC(=O)C3=C(C2)Nc2ccccc2N[C@H]3c2cccc(Cl)c2)cc1. The first-order valence-corrected chi connectivity index (χ1v) is 10.7. The third kappa shape index (κ3) is 3.50. The third-order valence-electron chi connectivity index (χ3n) is 6.04. The number of benzene rings is 3. The van der Waals surface area contributed by atoms with Crippen LogP contribution in [0.3, 0.4) is 0 Å². The van der Waals surface area contributed by atoms with Crippen molar-refractivity contribution in [3.8, 4) is 0 Å². The first-order chi connectivity index (χ1) is 14.6. The lowest BCUT2D eigenvalue weighted by Gasteiger charge is -2.30. The molecule has 0 fully saturated rings. The van der Waals surface area contributed by atoms with Crippen molar-refractivity contribution in [2.45, 2.75) is 31.7 Å². The van der Waals surface area contributed by atoms with Gasteiger partial charge in [0, 0.05) is 22.7 Å². The number of fused-ring (bicyclic) bond motifs is 1. The van der Waals surface area contributed by atoms with Gasteiger partial charge in [-0.2, -0.15) is 0 Å². The van der Waals surface area contributed by atoms with Gasteiger partial charge in [0.2, 0.25) is 0 Å². The van der Waals surface area contributed by atoms with Crippen LogP contribution in [0.15, 0.2) is 84.1 Å². The van der Waals surface area contributed by atoms with Crippen LogP contribution in [-0.4, -0.2) is 5.78 Å². The average Bonchev–Trinajstić information content (AvgIpc) is 2.91. The van der Waals surface area contributed by atoms with E-state index in [9.17, 15) is 4.79 Å². The number of allylic oxidation sites excluding steroid dienone is 1. The van der Waals surface area contributed by atoms with Gasteiger partial charge in [0.15, 0.2) is 5.78 Å². The zero-order valence-corrected chi connectivity index (χ0v) is 17.5. The standard InChI is InChI=1S/C26H23ClN2O/c1-16-9-11-17(12-10-16)19-14-23-25(24(30)15-19)26(18-5-4-6-20(27)13-18)29-22-8-3-2-7-21(22)28-23/h2-13,19,26,28-29H,14-15H2,1H3/t19-,26-/m0/s1. The number of carbonyl (C=O) groups is 1. The molecular weight excluding hydrogens is 392 g/mol. The van der Waals surface area contributed by atoms with Gasteiger partial charge in [-0.1, -0.05) is 65.7 Å². The summed E-state index contributed by atoms with van der Waals surface area (Å²) in [5.41, 5.74) is 7.23. The van der Waals surface area contributed by atoms with Crippen LogP contribution in [0, 0.1) is 6.92 Å². The summed E-state index contributed by atoms with van der Waals surface area (Å²) >= 11 is 6.29. The number of nitrogens with one attached hydrogen (secondary N) is 2. The van der Waals surface area contributed by atoms with E-state index in [4.69, 9.17) is 11.6 Å². The Morgan fingerprint density at radius 3 is 2.40 bits per heavy atom. The molecular formula is C26H23ClN2O. The Kier molecular flexibility index (Phi) is 4.84. The van der Waals surface area contributed by atoms with Crippen LogP contribution in [0.2, 0.25) is 5.02 Å². The van der Waals surface area contributed by atoms with Crippen LogP contribution in [0.1, 0.15) is 41.5 Å². The van der Waals surface area contributed by atoms with Crippen LogP contribution in [0.4, 0.5) is 11.4 Å². The number of carbonyl (C=O) groups excluding carboxylic acids is 1. The Balaban J connectivity index is 1.61. The number of aryl methyl sites for hydroxylation is 1. The van der Waals surface area contributed by atoms with E-state index >= 15 is 0 Å². The minimum absolute atomic E-state index is 0.176. The van der Waals surface area contributed by atoms with Crippen molar-refractivity contribution in [1.82, 2.24) is 0 Å². The van der Waals surface area contributed by atoms with Gasteiger partial charge in [-0.25, -0.2) is 0 Å². The molecule has 0 radical (unpaired) electrons. The van der Waals surface area contributed by atoms with Gasteiger partial charge in [0.05, 0.1) is 17.4 Å². The summed E-state index contributed by atoms with van der Waals surface area (Å²) in [6.45, 7) is 2.08. The predicted molar refractivity (Wildman–Crippen MR) is 123 cm³/mol. The molecule has 0 unspecified atom stereocenters. The van der Waals surface area contributed by atoms with E-state index in [2.05, 4.69) is 41.8 Å². The van der Waals surface area contributed by atoms with Crippen LogP contribution in [0.25, 0.3) is 0 Å². The molecule has 1 heterocycles. The van der Waals surface area contributed by atoms with Crippen LogP contribution in [-0.2, 0) is 4.79 Å². The lowest BCUT2D eigenvalue weighted by Crippen LogP contribution is -2.26. The largest absolute Gasteiger partial charge is 0.372 e. The lowest BCUT2D eigenvalue weighted by atomic mass is 9.78. The second-order valence-electron chi connectivity index (χ2n) is 8.13. The number of para-hydroxylation sites is 2. The summed E-state index contributed by atoms with van der Waals surface area (Å²) in [7, 11) is 0. The van der Waals surface area contributed by atoms with Crippen LogP contribution in [0.5, 0.6) is 0 Å². The zero-order valence-electron chi connectivity index (χ0n) is 16.8. The lowest BCUT2D eigenvalue weighted by molar-refractivity contribution is -0.116. The van der Waals surface area contributed by atoms with Gasteiger partial charge in [-0.15, -0.1) is 0 Å². The monoisotopic (exact) mass is 414 g/mol. The van der Waals surface area contributed by atoms with Gasteiger partial charge >= 0.3 is 0 Å². The molecule has 3 aromatic rings. The molecule has 0 saturated heterocycles. The minimum atomic E-state index is -0.235. The summed E-state index contributed by atoms with van der Waals surface area (Å²) in [6, 6.07) is 24.2. The fourth-order valence-electron chi connectivity index (χ4n) is 4.50. The van der Waals surface area contributed by atoms with Crippen LogP contribution >= 0.6 is 11.6 Å². The maximum absolute atomic E-state index is 13.5. The highest BCUT2D eigenvalue weighted by molar-refractivity contribution is 6.30. The molecule has 0 bridgehead atoms. The summed E-state index contributed by atoms with van der Waals surface area (Å²) in [6.07, 6.45) is 1.32. The van der Waals surface area contributed by atoms with Crippen molar-refractivity contribution in [1.29, 1.82) is 0 Å². The number of Topliss-reactive ketones (excluding diaryl/α,β-unsaturated/α-hetero) is 1. The highest BCUT2D eigenvalue weighted by Crippen LogP contribution is 2.44. The van der Waals surface area contributed by atoms with Gasteiger partial charge in [-0.05, 0) is 54.7 Å². The molecule has 0 spiro atoms. The van der Waals surface area contributed by atoms with Crippen molar-refractivity contribution in [2.24, 2.45) is 0 Å². The molecule has 150 valence electrons. The second kappa shape index (κ2) is 7.66. The molecule has 0 amide bonds. The number of halogens is 1. The molecule has 1 aliphatic heterocycles. The van der Waals surface area contributed by atoms with Crippen molar-refractivity contribution in [3.63, 3.8) is 0 Å². The number of ketones is 1. The molecule has 0 saturated carbocycles. The number of hydrogen-bond donors (Lipinski definition) is 2. The van der Waals surface area contributed by atoms with E-state index < -0.39 is 0 Å². The molecule has 3 aromatic carbocycles. The van der Waals surface area contributed by atoms with Crippen molar-refractivity contribution >= 4 is 28.8 Å². The molecule has 2 N–H and O–H groups in total. The molecule has 30 heavy (non-hydrogen) atoms. The van der Waals surface area contributed by atoms with Crippen molar-refractivity contribution in [2.75, 3.05) is 10.6 Å². The van der Waals surface area contributed by atoms with Crippen LogP contribution < -0.4 is 10.6 Å². The van der Waals surface area contributed by atoms with E-state index in [0.717, 1.165) is 34.6 Å². The van der Waals surface area contributed by atoms with E-state index in [-0.39, 0.29) is 17.7 Å². The molecule has 2 atom stereocenters. The van der Waals surface area contributed by atoms with Gasteiger partial charge < -0.3 is 10.6 Å². The van der Waals surface area contributed by atoms with Gasteiger partial charge in [0.25, 0.3) is 0 Å². The average molecular weight is 415 g/mol. The van der Waals surface area contributed by atoms with E-state index in [1.54, 1.807) is 0 Å². The summed E-state index contributed by atoms with van der Waals surface area (Å²) < 4.78 is 0. The smallest absolute Gasteiger partial charge is 0.163 e. The van der Waals surface area contributed by atoms with Gasteiger partial charge in [0.1, 0.15) is 0 Å². The summed E-state index contributed by atoms with van der Waals surface area (Å²) in [5, 5.41) is 7.84. The molecule has 1 aliphatic carbocycles. The van der Waals surface area contributed by atoms with Crippen molar-refractivity contribution < 1.29 is 4.79 Å². The molecule has 0 aromatic heterocycles. The minimum Gasteiger partial charge on any atom is -0.372 e. The Morgan fingerprint density at radius 1 is 0.867 bits per heavy atom. The highest BCUT2D eigenvalue weighted by atomic mass is 35.5. The maximum Gasteiger partial charge on any atom is 0.163 e. The fraction of sp³-hybridized carbons (Fsp3) is 0.192. The first-order valence-electron chi connectivity index (χ1n) is 10.3. The topological polar surface area (TPSA) is 41.1 Å². The Bertz CT molecular complexity index is 1150. The second-order valence-corrected chi connectivity index (χ2v) is 8.57. The Morgan fingerprint density at radius 2 is 1.63 bits per heavy atom. The fourth-order valence-corrected chi connectivity index (χ4v) is 4.70. The third-order valence-corrected chi connectivity index (χ3v) is 6.27. The summed E-state index contributed by atoms with van der Waals surface area (Å²) in [4.78, 5) is 13.5. The predicted octanol–water partition coefficient (Wildman–Crippen LogP) is 6.63. The number of hydrogen-bond acceptors (Lipinski definition) is 3. The normalized spacial score (nSPS) is 20.5. The summed E-state index contributed by atoms with van der Waals surface area (Å²) in [5.74, 6) is 0.356. The Labute approximate surface area is 181 Å². The van der Waals surface area contributed by atoms with E-state index in [1.807, 2.05) is 48.5 Å². The molecule has 2 aliphatic rings. The molecule has 5 rings (SSSR count). The number of rotatable bonds is 2. The molecule has 3 nitrogen and oxygen atoms in total.